The molecule has 0 saturated heterocycles. The maximum atomic E-state index is 12.2. The number of rotatable bonds is 2. The van der Waals surface area contributed by atoms with Crippen molar-refractivity contribution in [1.29, 1.82) is 0 Å². The molecule has 1 aromatic heterocycles. The van der Waals surface area contributed by atoms with E-state index in [4.69, 9.17) is 0 Å². The summed E-state index contributed by atoms with van der Waals surface area (Å²) in [5.74, 6) is -0.150. The molecule has 0 saturated carbocycles. The zero-order valence-corrected chi connectivity index (χ0v) is 11.4. The molecule has 0 spiro atoms. The van der Waals surface area contributed by atoms with Gasteiger partial charge in [-0.05, 0) is 24.3 Å². The number of anilines is 1. The zero-order valence-electron chi connectivity index (χ0n) is 9.85. The van der Waals surface area contributed by atoms with Gasteiger partial charge in [0.2, 0.25) is 0 Å². The van der Waals surface area contributed by atoms with Crippen molar-refractivity contribution in [3.8, 4) is 0 Å². The minimum Gasteiger partial charge on any atom is -0.320 e. The quantitative estimate of drug-likeness (QED) is 0.759. The number of para-hydroxylation sites is 1. The normalized spacial score (nSPS) is 10.6. The number of carbonyl (C=O) groups is 1. The van der Waals surface area contributed by atoms with E-state index in [1.54, 1.807) is 18.3 Å². The van der Waals surface area contributed by atoms with Crippen molar-refractivity contribution in [3.63, 3.8) is 0 Å². The highest BCUT2D eigenvalue weighted by molar-refractivity contribution is 9.10. The van der Waals surface area contributed by atoms with Crippen molar-refractivity contribution in [3.05, 3.63) is 58.7 Å². The minimum atomic E-state index is -0.150. The van der Waals surface area contributed by atoms with Crippen molar-refractivity contribution in [2.24, 2.45) is 0 Å². The Hall–Kier alpha value is -2.14. The first-order valence-electron chi connectivity index (χ1n) is 5.73. The fourth-order valence-electron chi connectivity index (χ4n) is 1.90. The van der Waals surface area contributed by atoms with Crippen LogP contribution in [0.1, 0.15) is 10.4 Å². The number of halogens is 1. The van der Waals surface area contributed by atoms with Gasteiger partial charge in [-0.1, -0.05) is 34.1 Å². The van der Waals surface area contributed by atoms with Crippen LogP contribution in [0.2, 0.25) is 0 Å². The highest BCUT2D eigenvalue weighted by atomic mass is 79.9. The Morgan fingerprint density at radius 2 is 2.05 bits per heavy atom. The lowest BCUT2D eigenvalue weighted by Gasteiger charge is -2.06. The van der Waals surface area contributed by atoms with Gasteiger partial charge in [-0.3, -0.25) is 9.89 Å². The first-order valence-corrected chi connectivity index (χ1v) is 6.52. The molecule has 0 radical (unpaired) electrons. The average molecular weight is 316 g/mol. The molecule has 0 aliphatic rings. The number of hydrogen-bond donors (Lipinski definition) is 2. The Morgan fingerprint density at radius 3 is 2.89 bits per heavy atom. The van der Waals surface area contributed by atoms with E-state index in [1.807, 2.05) is 30.3 Å². The van der Waals surface area contributed by atoms with Crippen LogP contribution in [-0.4, -0.2) is 16.1 Å². The van der Waals surface area contributed by atoms with Gasteiger partial charge in [0, 0.05) is 15.4 Å². The van der Waals surface area contributed by atoms with Crippen LogP contribution in [0.4, 0.5) is 5.69 Å². The number of nitrogens with zero attached hydrogens (tertiary/aromatic N) is 1. The molecule has 1 amide bonds. The van der Waals surface area contributed by atoms with Crippen LogP contribution in [-0.2, 0) is 0 Å². The molecule has 0 aliphatic heterocycles. The molecule has 0 bridgehead atoms. The number of nitrogens with one attached hydrogen (secondary N) is 2. The molecule has 4 nitrogen and oxygen atoms in total. The number of fused-ring (bicyclic) bond motifs is 1. The molecule has 19 heavy (non-hydrogen) atoms. The van der Waals surface area contributed by atoms with Crippen molar-refractivity contribution >= 4 is 38.4 Å². The predicted molar refractivity (Wildman–Crippen MR) is 78.2 cm³/mol. The van der Waals surface area contributed by atoms with Crippen LogP contribution in [0.3, 0.4) is 0 Å². The Morgan fingerprint density at radius 1 is 1.21 bits per heavy atom. The van der Waals surface area contributed by atoms with E-state index < -0.39 is 0 Å². The predicted octanol–water partition coefficient (Wildman–Crippen LogP) is 3.58. The Balaban J connectivity index is 1.93. The lowest BCUT2D eigenvalue weighted by atomic mass is 10.2. The van der Waals surface area contributed by atoms with Crippen molar-refractivity contribution in [2.75, 3.05) is 5.32 Å². The van der Waals surface area contributed by atoms with E-state index in [9.17, 15) is 4.79 Å². The van der Waals surface area contributed by atoms with Crippen molar-refractivity contribution in [1.82, 2.24) is 10.2 Å². The molecule has 0 aliphatic carbocycles. The van der Waals surface area contributed by atoms with Gasteiger partial charge in [0.25, 0.3) is 5.91 Å². The molecule has 2 N–H and O–H groups in total. The van der Waals surface area contributed by atoms with Gasteiger partial charge in [0.1, 0.15) is 0 Å². The summed E-state index contributed by atoms with van der Waals surface area (Å²) < 4.78 is 0.875. The van der Waals surface area contributed by atoms with E-state index in [0.717, 1.165) is 21.1 Å². The minimum absolute atomic E-state index is 0.150. The molecule has 2 aromatic carbocycles. The topological polar surface area (TPSA) is 57.8 Å². The largest absolute Gasteiger partial charge is 0.320 e. The Bertz CT molecular complexity index is 751. The Labute approximate surface area is 118 Å². The number of aromatic nitrogens is 2. The summed E-state index contributed by atoms with van der Waals surface area (Å²) in [7, 11) is 0. The fraction of sp³-hybridized carbons (Fsp3) is 0. The SMILES string of the molecule is O=C(Nc1cccc2cn[nH]c12)c1cccc(Br)c1. The lowest BCUT2D eigenvalue weighted by molar-refractivity contribution is 0.102. The maximum Gasteiger partial charge on any atom is 0.255 e. The zero-order chi connectivity index (χ0) is 13.2. The van der Waals surface area contributed by atoms with Gasteiger partial charge in [-0.15, -0.1) is 0 Å². The van der Waals surface area contributed by atoms with Crippen molar-refractivity contribution in [2.45, 2.75) is 0 Å². The molecule has 1 heterocycles. The fourth-order valence-corrected chi connectivity index (χ4v) is 2.30. The van der Waals surface area contributed by atoms with E-state index in [2.05, 4.69) is 31.4 Å². The van der Waals surface area contributed by atoms with Gasteiger partial charge in [0.15, 0.2) is 0 Å². The highest BCUT2D eigenvalue weighted by Crippen LogP contribution is 2.21. The summed E-state index contributed by atoms with van der Waals surface area (Å²) in [6.07, 6.45) is 1.73. The third kappa shape index (κ3) is 2.37. The molecule has 3 rings (SSSR count). The third-order valence-corrected chi connectivity index (χ3v) is 3.30. The summed E-state index contributed by atoms with van der Waals surface area (Å²) in [6, 6.07) is 12.9. The average Bonchev–Trinajstić information content (AvgIpc) is 2.88. The summed E-state index contributed by atoms with van der Waals surface area (Å²) in [5.41, 5.74) is 2.15. The number of amides is 1. The highest BCUT2D eigenvalue weighted by Gasteiger charge is 2.09. The van der Waals surface area contributed by atoms with E-state index in [1.165, 1.54) is 0 Å². The van der Waals surface area contributed by atoms with Crippen LogP contribution in [0.15, 0.2) is 53.1 Å². The number of aromatic amines is 1. The van der Waals surface area contributed by atoms with Crippen LogP contribution in [0, 0.1) is 0 Å². The second-order valence-corrected chi connectivity index (χ2v) is 5.02. The summed E-state index contributed by atoms with van der Waals surface area (Å²) >= 11 is 3.35. The van der Waals surface area contributed by atoms with Gasteiger partial charge >= 0.3 is 0 Å². The summed E-state index contributed by atoms with van der Waals surface area (Å²) in [4.78, 5) is 12.2. The second-order valence-electron chi connectivity index (χ2n) is 4.10. The number of H-pyrrole nitrogens is 1. The molecule has 0 unspecified atom stereocenters. The summed E-state index contributed by atoms with van der Waals surface area (Å²) in [5, 5.41) is 10.7. The van der Waals surface area contributed by atoms with Gasteiger partial charge in [-0.2, -0.15) is 5.10 Å². The van der Waals surface area contributed by atoms with Crippen molar-refractivity contribution < 1.29 is 4.79 Å². The molecule has 94 valence electrons. The smallest absolute Gasteiger partial charge is 0.255 e. The molecular weight excluding hydrogens is 306 g/mol. The summed E-state index contributed by atoms with van der Waals surface area (Å²) in [6.45, 7) is 0. The van der Waals surface area contributed by atoms with E-state index in [-0.39, 0.29) is 5.91 Å². The van der Waals surface area contributed by atoms with E-state index in [0.29, 0.717) is 5.56 Å². The van der Waals surface area contributed by atoms with Gasteiger partial charge in [-0.25, -0.2) is 0 Å². The monoisotopic (exact) mass is 315 g/mol. The number of hydrogen-bond acceptors (Lipinski definition) is 2. The molecular formula is C14H10BrN3O. The lowest BCUT2D eigenvalue weighted by Crippen LogP contribution is -2.12. The van der Waals surface area contributed by atoms with Crippen LogP contribution >= 0.6 is 15.9 Å². The van der Waals surface area contributed by atoms with E-state index >= 15 is 0 Å². The Kier molecular flexibility index (Phi) is 3.05. The first kappa shape index (κ1) is 11.9. The molecule has 5 heteroatoms. The van der Waals surface area contributed by atoms with Gasteiger partial charge in [0.05, 0.1) is 17.4 Å². The molecule has 0 atom stereocenters. The standard InChI is InChI=1S/C14H10BrN3O/c15-11-5-1-3-9(7-11)14(19)17-12-6-2-4-10-8-16-18-13(10)12/h1-8H,(H,16,18)(H,17,19). The second kappa shape index (κ2) is 4.85. The number of benzene rings is 2. The molecule has 3 aromatic rings. The third-order valence-electron chi connectivity index (χ3n) is 2.81. The first-order chi connectivity index (χ1) is 9.24. The van der Waals surface area contributed by atoms with Gasteiger partial charge < -0.3 is 5.32 Å². The van der Waals surface area contributed by atoms with Crippen LogP contribution < -0.4 is 5.32 Å². The van der Waals surface area contributed by atoms with Crippen LogP contribution in [0.5, 0.6) is 0 Å². The maximum absolute atomic E-state index is 12.2. The van der Waals surface area contributed by atoms with Crippen LogP contribution in [0.25, 0.3) is 10.9 Å². The molecule has 0 fully saturated rings. The number of carbonyl (C=O) groups excluding carboxylic acids is 1.